The molecule has 2 rings (SSSR count). The molecule has 1 fully saturated rings. The van der Waals surface area contributed by atoms with Gasteiger partial charge in [0.25, 0.3) is 0 Å². The standard InChI is InChI=1S/C19H30N2OS/c1-4-15(16-9-6-5-7-10-16)13-20-19(22)14-21(2)17-11-8-12-18(17)23-3/h5-7,9-10,15,17-18H,4,8,11-14H2,1-3H3,(H,20,22)/t15-,17+,18-/m1/s1. The van der Waals surface area contributed by atoms with Gasteiger partial charge in [0.2, 0.25) is 5.91 Å². The van der Waals surface area contributed by atoms with Crippen molar-refractivity contribution in [2.75, 3.05) is 26.4 Å². The van der Waals surface area contributed by atoms with Crippen molar-refractivity contribution in [3.8, 4) is 0 Å². The van der Waals surface area contributed by atoms with Crippen LogP contribution in [0.1, 0.15) is 44.1 Å². The van der Waals surface area contributed by atoms with Gasteiger partial charge in [-0.15, -0.1) is 0 Å². The monoisotopic (exact) mass is 334 g/mol. The van der Waals surface area contributed by atoms with Crippen molar-refractivity contribution in [3.63, 3.8) is 0 Å². The maximum absolute atomic E-state index is 12.3. The Morgan fingerprint density at radius 3 is 2.74 bits per heavy atom. The number of carbonyl (C=O) groups is 1. The summed E-state index contributed by atoms with van der Waals surface area (Å²) in [5.41, 5.74) is 1.31. The number of benzene rings is 1. The summed E-state index contributed by atoms with van der Waals surface area (Å²) in [6, 6.07) is 11.0. The number of carbonyl (C=O) groups excluding carboxylic acids is 1. The molecule has 0 bridgehead atoms. The molecule has 1 amide bonds. The van der Waals surface area contributed by atoms with E-state index >= 15 is 0 Å². The molecule has 0 heterocycles. The molecule has 1 aromatic carbocycles. The summed E-state index contributed by atoms with van der Waals surface area (Å²) in [4.78, 5) is 14.5. The molecule has 0 aliphatic heterocycles. The van der Waals surface area contributed by atoms with E-state index in [0.717, 1.165) is 13.0 Å². The largest absolute Gasteiger partial charge is 0.354 e. The molecule has 1 aliphatic carbocycles. The molecular weight excluding hydrogens is 304 g/mol. The van der Waals surface area contributed by atoms with Crippen molar-refractivity contribution in [1.29, 1.82) is 0 Å². The molecule has 0 spiro atoms. The number of nitrogens with one attached hydrogen (secondary N) is 1. The average Bonchev–Trinajstić information content (AvgIpc) is 3.05. The van der Waals surface area contributed by atoms with Gasteiger partial charge in [0.15, 0.2) is 0 Å². The Hall–Kier alpha value is -1.00. The van der Waals surface area contributed by atoms with E-state index in [4.69, 9.17) is 0 Å². The maximum atomic E-state index is 12.3. The lowest BCUT2D eigenvalue weighted by molar-refractivity contribution is -0.122. The SMILES string of the molecule is CC[C@H](CNC(=O)CN(C)[C@H]1CCC[C@H]1SC)c1ccccc1. The molecule has 3 atom stereocenters. The number of thioether (sulfide) groups is 1. The van der Waals surface area contributed by atoms with Crippen LogP contribution in [-0.4, -0.2) is 48.5 Å². The number of amides is 1. The van der Waals surface area contributed by atoms with Crippen LogP contribution in [0, 0.1) is 0 Å². The van der Waals surface area contributed by atoms with Gasteiger partial charge >= 0.3 is 0 Å². The minimum absolute atomic E-state index is 0.147. The third-order valence-corrected chi connectivity index (χ3v) is 6.14. The summed E-state index contributed by atoms with van der Waals surface area (Å²) in [6.45, 7) is 3.41. The first-order valence-corrected chi connectivity index (χ1v) is 9.99. The highest BCUT2D eigenvalue weighted by atomic mass is 32.2. The molecule has 3 nitrogen and oxygen atoms in total. The molecule has 4 heteroatoms. The maximum Gasteiger partial charge on any atom is 0.234 e. The van der Waals surface area contributed by atoms with Crippen LogP contribution >= 0.6 is 11.8 Å². The zero-order chi connectivity index (χ0) is 16.7. The highest BCUT2D eigenvalue weighted by Crippen LogP contribution is 2.31. The van der Waals surface area contributed by atoms with E-state index in [1.807, 2.05) is 17.8 Å². The van der Waals surface area contributed by atoms with E-state index in [0.29, 0.717) is 23.8 Å². The second-order valence-corrected chi connectivity index (χ2v) is 7.58. The van der Waals surface area contributed by atoms with Gasteiger partial charge in [0.05, 0.1) is 6.54 Å². The third kappa shape index (κ3) is 5.25. The first-order chi connectivity index (χ1) is 11.2. The molecule has 128 valence electrons. The van der Waals surface area contributed by atoms with Gasteiger partial charge in [-0.25, -0.2) is 0 Å². The summed E-state index contributed by atoms with van der Waals surface area (Å²) in [7, 11) is 2.09. The van der Waals surface area contributed by atoms with Crippen LogP contribution in [0.3, 0.4) is 0 Å². The van der Waals surface area contributed by atoms with Crippen LogP contribution in [-0.2, 0) is 4.79 Å². The lowest BCUT2D eigenvalue weighted by atomic mass is 9.96. The zero-order valence-corrected chi connectivity index (χ0v) is 15.4. The molecule has 0 unspecified atom stereocenters. The number of nitrogens with zero attached hydrogens (tertiary/aromatic N) is 1. The molecule has 0 radical (unpaired) electrons. The Morgan fingerprint density at radius 1 is 1.35 bits per heavy atom. The molecule has 0 aromatic heterocycles. The minimum atomic E-state index is 0.147. The van der Waals surface area contributed by atoms with Crippen LogP contribution in [0.25, 0.3) is 0 Å². The zero-order valence-electron chi connectivity index (χ0n) is 14.6. The van der Waals surface area contributed by atoms with Crippen LogP contribution in [0.4, 0.5) is 0 Å². The average molecular weight is 335 g/mol. The lowest BCUT2D eigenvalue weighted by Crippen LogP contribution is -2.43. The molecule has 1 N–H and O–H groups in total. The van der Waals surface area contributed by atoms with E-state index in [1.165, 1.54) is 24.8 Å². The summed E-state index contributed by atoms with van der Waals surface area (Å²) >= 11 is 1.94. The van der Waals surface area contributed by atoms with Gasteiger partial charge in [-0.2, -0.15) is 11.8 Å². The quantitative estimate of drug-likeness (QED) is 0.789. The van der Waals surface area contributed by atoms with Crippen molar-refractivity contribution in [2.45, 2.75) is 49.8 Å². The highest BCUT2D eigenvalue weighted by Gasteiger charge is 2.30. The van der Waals surface area contributed by atoms with Crippen molar-refractivity contribution in [3.05, 3.63) is 35.9 Å². The Morgan fingerprint density at radius 2 is 2.09 bits per heavy atom. The predicted octanol–water partition coefficient (Wildman–Crippen LogP) is 3.51. The topological polar surface area (TPSA) is 32.3 Å². The minimum Gasteiger partial charge on any atom is -0.354 e. The van der Waals surface area contributed by atoms with Gasteiger partial charge in [-0.1, -0.05) is 43.7 Å². The lowest BCUT2D eigenvalue weighted by Gasteiger charge is -2.28. The van der Waals surface area contributed by atoms with Gasteiger partial charge in [0, 0.05) is 23.8 Å². The molecule has 1 saturated carbocycles. The molecule has 1 aromatic rings. The van der Waals surface area contributed by atoms with Gasteiger partial charge in [0.1, 0.15) is 0 Å². The fraction of sp³-hybridized carbons (Fsp3) is 0.632. The Balaban J connectivity index is 1.80. The van der Waals surface area contributed by atoms with Crippen LogP contribution in [0.15, 0.2) is 30.3 Å². The predicted molar refractivity (Wildman–Crippen MR) is 100 cm³/mol. The smallest absolute Gasteiger partial charge is 0.234 e. The second-order valence-electron chi connectivity index (χ2n) is 6.51. The van der Waals surface area contributed by atoms with E-state index in [1.54, 1.807) is 0 Å². The first-order valence-electron chi connectivity index (χ1n) is 8.70. The molecule has 23 heavy (non-hydrogen) atoms. The van der Waals surface area contributed by atoms with Crippen molar-refractivity contribution < 1.29 is 4.79 Å². The van der Waals surface area contributed by atoms with Gasteiger partial charge in [-0.3, -0.25) is 9.69 Å². The molecule has 1 aliphatic rings. The normalized spacial score (nSPS) is 22.3. The summed E-state index contributed by atoms with van der Waals surface area (Å²) in [5, 5.41) is 3.81. The third-order valence-electron chi connectivity index (χ3n) is 4.99. The number of hydrogen-bond acceptors (Lipinski definition) is 3. The van der Waals surface area contributed by atoms with Crippen molar-refractivity contribution in [2.24, 2.45) is 0 Å². The van der Waals surface area contributed by atoms with Crippen LogP contribution in [0.2, 0.25) is 0 Å². The number of hydrogen-bond donors (Lipinski definition) is 1. The fourth-order valence-corrected chi connectivity index (χ4v) is 4.61. The Bertz CT molecular complexity index is 480. The first kappa shape index (κ1) is 18.3. The molecule has 0 saturated heterocycles. The number of likely N-dealkylation sites (N-methyl/N-ethyl adjacent to an activating group) is 1. The highest BCUT2D eigenvalue weighted by molar-refractivity contribution is 7.99. The Kier molecular flexibility index (Phi) is 7.44. The Labute approximate surface area is 145 Å². The van der Waals surface area contributed by atoms with Gasteiger partial charge < -0.3 is 5.32 Å². The summed E-state index contributed by atoms with van der Waals surface area (Å²) in [5.74, 6) is 0.546. The van der Waals surface area contributed by atoms with Gasteiger partial charge in [-0.05, 0) is 38.1 Å². The van der Waals surface area contributed by atoms with Crippen molar-refractivity contribution in [1.82, 2.24) is 10.2 Å². The van der Waals surface area contributed by atoms with E-state index in [-0.39, 0.29) is 5.91 Å². The van der Waals surface area contributed by atoms with Crippen LogP contribution < -0.4 is 5.32 Å². The summed E-state index contributed by atoms with van der Waals surface area (Å²) < 4.78 is 0. The van der Waals surface area contributed by atoms with E-state index in [2.05, 4.69) is 54.7 Å². The number of rotatable bonds is 8. The van der Waals surface area contributed by atoms with E-state index < -0.39 is 0 Å². The fourth-order valence-electron chi connectivity index (χ4n) is 3.55. The van der Waals surface area contributed by atoms with E-state index in [9.17, 15) is 4.79 Å². The van der Waals surface area contributed by atoms with Crippen LogP contribution in [0.5, 0.6) is 0 Å². The molecular formula is C19H30N2OS. The summed E-state index contributed by atoms with van der Waals surface area (Å²) in [6.07, 6.45) is 7.01. The second kappa shape index (κ2) is 9.33. The van der Waals surface area contributed by atoms with Crippen molar-refractivity contribution >= 4 is 17.7 Å².